The van der Waals surface area contributed by atoms with E-state index in [0.29, 0.717) is 24.6 Å². The van der Waals surface area contributed by atoms with Gasteiger partial charge in [-0.2, -0.15) is 10.6 Å². The lowest BCUT2D eigenvalue weighted by Gasteiger charge is -2.41. The Kier molecular flexibility index (Phi) is 7.80. The fourth-order valence-corrected chi connectivity index (χ4v) is 6.92. The minimum Gasteiger partial charge on any atom is -0.336 e. The molecule has 0 atom stereocenters. The number of piperazine rings is 1. The van der Waals surface area contributed by atoms with E-state index in [1.165, 1.54) is 5.56 Å². The van der Waals surface area contributed by atoms with E-state index in [9.17, 15) is 13.9 Å². The topological polar surface area (TPSA) is 93.0 Å². The first kappa shape index (κ1) is 27.8. The largest absolute Gasteiger partial charge is 0.336 e. The Morgan fingerprint density at radius 2 is 1.61 bits per heavy atom. The van der Waals surface area contributed by atoms with E-state index in [1.54, 1.807) is 6.20 Å². The average molecular weight is 572 g/mol. The molecule has 2 N–H and O–H groups in total. The van der Waals surface area contributed by atoms with Crippen molar-refractivity contribution in [3.8, 4) is 22.4 Å². The minimum absolute atomic E-state index is 0.0915. The van der Waals surface area contributed by atoms with Crippen molar-refractivity contribution >= 4 is 27.5 Å². The van der Waals surface area contributed by atoms with Crippen molar-refractivity contribution in [1.82, 2.24) is 24.7 Å². The second kappa shape index (κ2) is 11.5. The Balaban J connectivity index is 1.23. The Labute approximate surface area is 243 Å². The van der Waals surface area contributed by atoms with Crippen molar-refractivity contribution in [2.75, 3.05) is 57.8 Å². The number of hydrogen-bond donors (Lipinski definition) is 2. The second-order valence-corrected chi connectivity index (χ2v) is 13.7. The summed E-state index contributed by atoms with van der Waals surface area (Å²) in [6.45, 7) is 7.50. The summed E-state index contributed by atoms with van der Waals surface area (Å²) in [5.41, 5.74) is 8.37. The van der Waals surface area contributed by atoms with Gasteiger partial charge >= 0.3 is 0 Å². The van der Waals surface area contributed by atoms with Crippen molar-refractivity contribution in [2.45, 2.75) is 13.5 Å². The molecular weight excluding hydrogens is 534 g/mol. The molecule has 0 saturated carbocycles. The smallest absolute Gasteiger partial charge is 0.254 e. The number of para-hydroxylation sites is 1. The maximum atomic E-state index is 13.2. The molecule has 3 heterocycles. The molecule has 41 heavy (non-hydrogen) atoms. The van der Waals surface area contributed by atoms with Gasteiger partial charge in [-0.1, -0.05) is 42.5 Å². The summed E-state index contributed by atoms with van der Waals surface area (Å²) in [5, 5.41) is 0. The Morgan fingerprint density at radius 1 is 0.902 bits per heavy atom. The van der Waals surface area contributed by atoms with Crippen LogP contribution in [0.15, 0.2) is 66.9 Å². The molecule has 2 aliphatic heterocycles. The number of aryl methyl sites for hydroxylation is 1. The molecule has 0 bridgehead atoms. The van der Waals surface area contributed by atoms with Crippen LogP contribution in [0.1, 0.15) is 21.5 Å². The van der Waals surface area contributed by atoms with Gasteiger partial charge in [0.1, 0.15) is 0 Å². The van der Waals surface area contributed by atoms with Crippen LogP contribution in [-0.4, -0.2) is 97.5 Å². The third kappa shape index (κ3) is 6.14. The molecule has 0 radical (unpaired) electrons. The summed E-state index contributed by atoms with van der Waals surface area (Å²) >= 11 is 0. The predicted octanol–water partition coefficient (Wildman–Crippen LogP) is 5.23. The highest BCUT2D eigenvalue weighted by Gasteiger charge is 2.23. The fourth-order valence-electron chi connectivity index (χ4n) is 5.62. The van der Waals surface area contributed by atoms with Gasteiger partial charge in [0.05, 0.1) is 34.4 Å². The number of likely N-dealkylation sites (N-methyl/N-ethyl adjacent to an activating group) is 1. The third-order valence-corrected chi connectivity index (χ3v) is 9.93. The van der Waals surface area contributed by atoms with Gasteiger partial charge in [-0.25, -0.2) is 4.98 Å². The number of amides is 1. The molecule has 2 aliphatic rings. The van der Waals surface area contributed by atoms with Crippen LogP contribution < -0.4 is 0 Å². The maximum Gasteiger partial charge on any atom is 0.254 e. The number of fused-ring (bicyclic) bond motifs is 1. The number of nitrogens with zero attached hydrogens (tertiary/aromatic N) is 5. The first-order chi connectivity index (χ1) is 19.8. The van der Waals surface area contributed by atoms with Crippen LogP contribution in [0.2, 0.25) is 0 Å². The van der Waals surface area contributed by atoms with Crippen LogP contribution in [0.4, 0.5) is 0 Å². The highest BCUT2D eigenvalue weighted by Crippen LogP contribution is 2.40. The van der Waals surface area contributed by atoms with Gasteiger partial charge in [0.25, 0.3) is 5.91 Å². The molecule has 214 valence electrons. The lowest BCUT2D eigenvalue weighted by Crippen LogP contribution is -2.47. The number of rotatable bonds is 5. The van der Waals surface area contributed by atoms with E-state index < -0.39 is 10.6 Å². The minimum atomic E-state index is -2.38. The Hall–Kier alpha value is -3.34. The molecule has 0 spiro atoms. The molecule has 1 aromatic heterocycles. The zero-order valence-electron chi connectivity index (χ0n) is 23.7. The van der Waals surface area contributed by atoms with Gasteiger partial charge in [0, 0.05) is 62.5 Å². The summed E-state index contributed by atoms with van der Waals surface area (Å²) in [5.74, 6) is 1.00. The van der Waals surface area contributed by atoms with Crippen LogP contribution in [0.3, 0.4) is 0 Å². The van der Waals surface area contributed by atoms with Crippen molar-refractivity contribution < 1.29 is 13.9 Å². The molecule has 4 aromatic rings. The van der Waals surface area contributed by atoms with Gasteiger partial charge in [-0.3, -0.25) is 23.8 Å². The molecule has 3 aromatic carbocycles. The zero-order chi connectivity index (χ0) is 28.6. The summed E-state index contributed by atoms with van der Waals surface area (Å²) in [4.78, 5) is 29.4. The Morgan fingerprint density at radius 3 is 2.32 bits per heavy atom. The van der Waals surface area contributed by atoms with Gasteiger partial charge in [-0.15, -0.1) is 0 Å². The standard InChI is InChI=1S/C32H37N5O3S/c1-23-20-26(10-11-27(23)32(38)37-14-12-35(2)13-15-37)30-21-33-29-5-3-4-28(31(29)34-30)25-8-6-24(7-9-25)22-36-16-18-41(39,40)19-17-36/h3-11,20-21,39-40H,12-19,22H2,1-2H3. The van der Waals surface area contributed by atoms with Crippen LogP contribution in [0.5, 0.6) is 0 Å². The van der Waals surface area contributed by atoms with Crippen molar-refractivity contribution in [2.24, 2.45) is 0 Å². The number of hydrogen-bond acceptors (Lipinski definition) is 7. The lowest BCUT2D eigenvalue weighted by atomic mass is 10.0. The lowest BCUT2D eigenvalue weighted by molar-refractivity contribution is 0.0663. The molecule has 8 nitrogen and oxygen atoms in total. The van der Waals surface area contributed by atoms with Gasteiger partial charge in [-0.05, 0) is 48.9 Å². The third-order valence-electron chi connectivity index (χ3n) is 8.26. The Bertz CT molecular complexity index is 1560. The van der Waals surface area contributed by atoms with Crippen LogP contribution in [0, 0.1) is 6.92 Å². The molecule has 2 fully saturated rings. The number of aromatic nitrogens is 2. The predicted molar refractivity (Wildman–Crippen MR) is 166 cm³/mol. The highest BCUT2D eigenvalue weighted by atomic mass is 32.3. The number of carbonyl (C=O) groups is 1. The number of carbonyl (C=O) groups excluding carboxylic acids is 1. The molecule has 0 unspecified atom stereocenters. The highest BCUT2D eigenvalue weighted by molar-refractivity contribution is 8.24. The van der Waals surface area contributed by atoms with Gasteiger partial charge in [0.15, 0.2) is 0 Å². The SMILES string of the molecule is Cc1cc(-c2cnc3cccc(-c4ccc(CN5CCS(O)(O)CC5)cc4)c3n2)ccc1C(=O)N1CCN(C)CC1. The molecule has 6 rings (SSSR count). The van der Waals surface area contributed by atoms with E-state index in [-0.39, 0.29) is 5.91 Å². The monoisotopic (exact) mass is 571 g/mol. The molecule has 2 saturated heterocycles. The van der Waals surface area contributed by atoms with E-state index >= 15 is 0 Å². The van der Waals surface area contributed by atoms with Gasteiger partial charge in [0.2, 0.25) is 0 Å². The normalized spacial score (nSPS) is 18.9. The van der Waals surface area contributed by atoms with Gasteiger partial charge < -0.3 is 9.80 Å². The average Bonchev–Trinajstić information content (AvgIpc) is 2.98. The van der Waals surface area contributed by atoms with Crippen LogP contribution >= 0.6 is 10.6 Å². The van der Waals surface area contributed by atoms with E-state index in [4.69, 9.17) is 9.97 Å². The summed E-state index contributed by atoms with van der Waals surface area (Å²) in [7, 11) is -0.295. The van der Waals surface area contributed by atoms with E-state index in [1.807, 2.05) is 42.2 Å². The molecular formula is C32H37N5O3S. The molecule has 1 amide bonds. The summed E-state index contributed by atoms with van der Waals surface area (Å²) in [6, 6.07) is 20.5. The fraction of sp³-hybridized carbons (Fsp3) is 0.344. The van der Waals surface area contributed by atoms with Crippen molar-refractivity contribution in [1.29, 1.82) is 0 Å². The van der Waals surface area contributed by atoms with E-state index in [0.717, 1.165) is 77.3 Å². The molecule has 0 aliphatic carbocycles. The van der Waals surface area contributed by atoms with E-state index in [2.05, 4.69) is 47.2 Å². The quantitative estimate of drug-likeness (QED) is 0.339. The van der Waals surface area contributed by atoms with Crippen molar-refractivity contribution in [3.63, 3.8) is 0 Å². The zero-order valence-corrected chi connectivity index (χ0v) is 24.5. The van der Waals surface area contributed by atoms with Crippen LogP contribution in [-0.2, 0) is 6.54 Å². The number of benzene rings is 3. The first-order valence-electron chi connectivity index (χ1n) is 14.2. The summed E-state index contributed by atoms with van der Waals surface area (Å²) < 4.78 is 19.8. The maximum absolute atomic E-state index is 13.2. The molecule has 9 heteroatoms. The second-order valence-electron chi connectivity index (χ2n) is 11.2. The summed E-state index contributed by atoms with van der Waals surface area (Å²) in [6.07, 6.45) is 1.81. The van der Waals surface area contributed by atoms with Crippen LogP contribution in [0.25, 0.3) is 33.4 Å². The van der Waals surface area contributed by atoms with Crippen molar-refractivity contribution in [3.05, 3.63) is 83.6 Å². The first-order valence-corrected chi connectivity index (χ1v) is 16.0.